The Bertz CT molecular complexity index is 633. The molecule has 1 aromatic rings. The standard InChI is InChI=1S/C16H24ClNO4S/c1-3-21-15-9-13-8-12(2)22-16(13)10-14(15)11-18-23(19,20)7-5-4-6-17/h9-10,12,18H,3-8,11H2,1-2H3/t12-/m1/s1. The summed E-state index contributed by atoms with van der Waals surface area (Å²) < 4.78 is 38.0. The van der Waals surface area contributed by atoms with Crippen LogP contribution in [0.5, 0.6) is 11.5 Å². The van der Waals surface area contributed by atoms with Crippen LogP contribution < -0.4 is 14.2 Å². The van der Waals surface area contributed by atoms with Gasteiger partial charge in [0, 0.05) is 30.0 Å². The number of halogens is 1. The van der Waals surface area contributed by atoms with E-state index in [2.05, 4.69) is 4.72 Å². The van der Waals surface area contributed by atoms with Crippen LogP contribution in [0.4, 0.5) is 0 Å². The predicted molar refractivity (Wildman–Crippen MR) is 92.0 cm³/mol. The number of fused-ring (bicyclic) bond motifs is 1. The second-order valence-electron chi connectivity index (χ2n) is 5.67. The van der Waals surface area contributed by atoms with E-state index in [0.29, 0.717) is 31.1 Å². The highest BCUT2D eigenvalue weighted by Gasteiger charge is 2.22. The molecule has 0 radical (unpaired) electrons. The zero-order valence-corrected chi connectivity index (χ0v) is 15.2. The van der Waals surface area contributed by atoms with Crippen molar-refractivity contribution in [2.45, 2.75) is 45.8 Å². The van der Waals surface area contributed by atoms with Crippen molar-refractivity contribution in [1.29, 1.82) is 0 Å². The third-order valence-electron chi connectivity index (χ3n) is 3.66. The number of sulfonamides is 1. The second-order valence-corrected chi connectivity index (χ2v) is 7.97. The van der Waals surface area contributed by atoms with Gasteiger partial charge in [0.1, 0.15) is 17.6 Å². The van der Waals surface area contributed by atoms with Crippen molar-refractivity contribution in [1.82, 2.24) is 4.72 Å². The maximum Gasteiger partial charge on any atom is 0.211 e. The Morgan fingerprint density at radius 2 is 2.17 bits per heavy atom. The number of rotatable bonds is 9. The lowest BCUT2D eigenvalue weighted by Crippen LogP contribution is -2.26. The SMILES string of the molecule is CCOc1cc2c(cc1CNS(=O)(=O)CCCCCl)O[C@H](C)C2. The minimum atomic E-state index is -3.31. The molecule has 0 bridgehead atoms. The summed E-state index contributed by atoms with van der Waals surface area (Å²) in [5.41, 5.74) is 1.90. The van der Waals surface area contributed by atoms with E-state index in [4.69, 9.17) is 21.1 Å². The molecule has 0 amide bonds. The number of hydrogen-bond acceptors (Lipinski definition) is 4. The molecule has 1 aliphatic rings. The molecule has 5 nitrogen and oxygen atoms in total. The summed E-state index contributed by atoms with van der Waals surface area (Å²) in [7, 11) is -3.31. The van der Waals surface area contributed by atoms with Gasteiger partial charge in [0.05, 0.1) is 12.4 Å². The van der Waals surface area contributed by atoms with Gasteiger partial charge in [0.25, 0.3) is 0 Å². The van der Waals surface area contributed by atoms with E-state index in [1.807, 2.05) is 26.0 Å². The lowest BCUT2D eigenvalue weighted by molar-refractivity contribution is 0.254. The van der Waals surface area contributed by atoms with Gasteiger partial charge >= 0.3 is 0 Å². The van der Waals surface area contributed by atoms with Crippen LogP contribution in [0.1, 0.15) is 37.8 Å². The molecule has 0 saturated heterocycles. The van der Waals surface area contributed by atoms with Crippen molar-refractivity contribution in [2.75, 3.05) is 18.2 Å². The van der Waals surface area contributed by atoms with E-state index in [1.54, 1.807) is 0 Å². The van der Waals surface area contributed by atoms with Gasteiger partial charge in [0.15, 0.2) is 0 Å². The van der Waals surface area contributed by atoms with Crippen LogP contribution in [0.2, 0.25) is 0 Å². The Morgan fingerprint density at radius 1 is 1.39 bits per heavy atom. The molecule has 1 heterocycles. The van der Waals surface area contributed by atoms with E-state index in [9.17, 15) is 8.42 Å². The first-order chi connectivity index (χ1) is 10.9. The van der Waals surface area contributed by atoms with Crippen LogP contribution in [0.15, 0.2) is 12.1 Å². The molecule has 7 heteroatoms. The lowest BCUT2D eigenvalue weighted by atomic mass is 10.1. The Labute approximate surface area is 143 Å². The normalized spacial score (nSPS) is 16.9. The molecule has 2 rings (SSSR count). The summed E-state index contributed by atoms with van der Waals surface area (Å²) in [6.45, 7) is 4.65. The molecule has 0 unspecified atom stereocenters. The minimum Gasteiger partial charge on any atom is -0.494 e. The summed E-state index contributed by atoms with van der Waals surface area (Å²) in [5, 5.41) is 0. The van der Waals surface area contributed by atoms with Gasteiger partial charge < -0.3 is 9.47 Å². The number of benzene rings is 1. The first kappa shape index (κ1) is 18.4. The molecule has 1 N–H and O–H groups in total. The summed E-state index contributed by atoms with van der Waals surface area (Å²) in [5.74, 6) is 2.09. The van der Waals surface area contributed by atoms with Gasteiger partial charge in [-0.05, 0) is 38.8 Å². The Morgan fingerprint density at radius 3 is 2.87 bits per heavy atom. The summed E-state index contributed by atoms with van der Waals surface area (Å²) >= 11 is 5.58. The molecule has 0 fully saturated rings. The monoisotopic (exact) mass is 361 g/mol. The van der Waals surface area contributed by atoms with Crippen molar-refractivity contribution >= 4 is 21.6 Å². The van der Waals surface area contributed by atoms with Crippen LogP contribution in [0.3, 0.4) is 0 Å². The highest BCUT2D eigenvalue weighted by Crippen LogP contribution is 2.35. The second kappa shape index (κ2) is 8.22. The van der Waals surface area contributed by atoms with Gasteiger partial charge in [0.2, 0.25) is 10.0 Å². The molecule has 0 spiro atoms. The fourth-order valence-corrected chi connectivity index (χ4v) is 3.85. The van der Waals surface area contributed by atoms with Crippen molar-refractivity contribution in [3.63, 3.8) is 0 Å². The van der Waals surface area contributed by atoms with Gasteiger partial charge in [-0.15, -0.1) is 11.6 Å². The van der Waals surface area contributed by atoms with E-state index in [1.165, 1.54) is 0 Å². The summed E-state index contributed by atoms with van der Waals surface area (Å²) in [4.78, 5) is 0. The third kappa shape index (κ3) is 5.26. The maximum atomic E-state index is 12.0. The summed E-state index contributed by atoms with van der Waals surface area (Å²) in [6.07, 6.45) is 2.24. The highest BCUT2D eigenvalue weighted by molar-refractivity contribution is 7.89. The smallest absolute Gasteiger partial charge is 0.211 e. The lowest BCUT2D eigenvalue weighted by Gasteiger charge is -2.13. The Kier molecular flexibility index (Phi) is 6.56. The molecule has 0 saturated carbocycles. The third-order valence-corrected chi connectivity index (χ3v) is 5.34. The molecular weight excluding hydrogens is 338 g/mol. The largest absolute Gasteiger partial charge is 0.494 e. The van der Waals surface area contributed by atoms with Crippen LogP contribution in [-0.2, 0) is 23.0 Å². The van der Waals surface area contributed by atoms with Gasteiger partial charge in [-0.2, -0.15) is 0 Å². The van der Waals surface area contributed by atoms with Crippen molar-refractivity contribution in [2.24, 2.45) is 0 Å². The first-order valence-corrected chi connectivity index (χ1v) is 10.1. The Hall–Kier alpha value is -0.980. The topological polar surface area (TPSA) is 64.6 Å². The van der Waals surface area contributed by atoms with Crippen LogP contribution in [0, 0.1) is 0 Å². The molecule has 130 valence electrons. The molecule has 1 atom stereocenters. The number of unbranched alkanes of at least 4 members (excludes halogenated alkanes) is 1. The maximum absolute atomic E-state index is 12.0. The summed E-state index contributed by atoms with van der Waals surface area (Å²) in [6, 6.07) is 3.84. The van der Waals surface area contributed by atoms with E-state index >= 15 is 0 Å². The quantitative estimate of drug-likeness (QED) is 0.542. The predicted octanol–water partition coefficient (Wildman–Crippen LogP) is 2.85. The van der Waals surface area contributed by atoms with Crippen LogP contribution >= 0.6 is 11.6 Å². The average molecular weight is 362 g/mol. The van der Waals surface area contributed by atoms with E-state index in [0.717, 1.165) is 23.3 Å². The van der Waals surface area contributed by atoms with Gasteiger partial charge in [-0.3, -0.25) is 0 Å². The van der Waals surface area contributed by atoms with E-state index in [-0.39, 0.29) is 18.4 Å². The van der Waals surface area contributed by atoms with Crippen LogP contribution in [-0.4, -0.2) is 32.8 Å². The number of ether oxygens (including phenoxy) is 2. The number of nitrogens with one attached hydrogen (secondary N) is 1. The highest BCUT2D eigenvalue weighted by atomic mass is 35.5. The average Bonchev–Trinajstić information content (AvgIpc) is 2.84. The molecular formula is C16H24ClNO4S. The van der Waals surface area contributed by atoms with Crippen molar-refractivity contribution < 1.29 is 17.9 Å². The van der Waals surface area contributed by atoms with Gasteiger partial charge in [-0.25, -0.2) is 13.1 Å². The number of alkyl halides is 1. The number of hydrogen-bond donors (Lipinski definition) is 1. The minimum absolute atomic E-state index is 0.0855. The fraction of sp³-hybridized carbons (Fsp3) is 0.625. The fourth-order valence-electron chi connectivity index (χ4n) is 2.56. The molecule has 1 aromatic carbocycles. The first-order valence-electron chi connectivity index (χ1n) is 7.93. The molecule has 1 aliphatic heterocycles. The van der Waals surface area contributed by atoms with Gasteiger partial charge in [-0.1, -0.05) is 0 Å². The van der Waals surface area contributed by atoms with Crippen molar-refractivity contribution in [3.8, 4) is 11.5 Å². The molecule has 0 aromatic heterocycles. The van der Waals surface area contributed by atoms with Crippen LogP contribution in [0.25, 0.3) is 0 Å². The van der Waals surface area contributed by atoms with E-state index < -0.39 is 10.0 Å². The zero-order valence-electron chi connectivity index (χ0n) is 13.6. The Balaban J connectivity index is 2.08. The van der Waals surface area contributed by atoms with Crippen molar-refractivity contribution in [3.05, 3.63) is 23.3 Å². The molecule has 23 heavy (non-hydrogen) atoms. The molecule has 0 aliphatic carbocycles. The zero-order chi connectivity index (χ0) is 16.9.